The molecule has 30 heavy (non-hydrogen) atoms. The van der Waals surface area contributed by atoms with E-state index in [-0.39, 0.29) is 24.8 Å². The molecule has 2 aromatic rings. The summed E-state index contributed by atoms with van der Waals surface area (Å²) in [7, 11) is 0. The Hall–Kier alpha value is -2.27. The van der Waals surface area contributed by atoms with Crippen LogP contribution >= 0.6 is 46.9 Å². The number of benzene rings is 1. The van der Waals surface area contributed by atoms with E-state index in [0.29, 0.717) is 37.2 Å². The van der Waals surface area contributed by atoms with Crippen molar-refractivity contribution in [2.75, 3.05) is 11.4 Å². The molecule has 1 aliphatic rings. The molecule has 1 aliphatic heterocycles. The van der Waals surface area contributed by atoms with Crippen LogP contribution in [0.3, 0.4) is 0 Å². The third-order valence-electron chi connectivity index (χ3n) is 4.01. The molecule has 1 saturated heterocycles. The van der Waals surface area contributed by atoms with Crippen LogP contribution in [0.4, 0.5) is 10.8 Å². The lowest BCUT2D eigenvalue weighted by molar-refractivity contribution is -0.137. The number of carboxylic acids is 1. The van der Waals surface area contributed by atoms with Crippen molar-refractivity contribution in [2.45, 2.75) is 19.8 Å². The molecule has 0 radical (unpaired) electrons. The summed E-state index contributed by atoms with van der Waals surface area (Å²) in [6, 6.07) is 6.90. The van der Waals surface area contributed by atoms with Crippen LogP contribution in [-0.2, 0) is 14.4 Å². The summed E-state index contributed by atoms with van der Waals surface area (Å²) < 4.78 is 0.386. The molecule has 2 amide bonds. The molecule has 1 aromatic carbocycles. The summed E-state index contributed by atoms with van der Waals surface area (Å²) in [5.41, 5.74) is 1.12. The van der Waals surface area contributed by atoms with Crippen molar-refractivity contribution in [3.05, 3.63) is 45.3 Å². The molecular formula is C19H16ClN3O4S3. The number of carboxylic acid groups (broad SMARTS) is 1. The third-order valence-corrected chi connectivity index (χ3v) is 6.46. The van der Waals surface area contributed by atoms with Gasteiger partial charge < -0.3 is 5.11 Å². The molecule has 1 aromatic heterocycles. The average molecular weight is 482 g/mol. The summed E-state index contributed by atoms with van der Waals surface area (Å²) >= 11 is 13.7. The third kappa shape index (κ3) is 5.25. The Labute approximate surface area is 191 Å². The van der Waals surface area contributed by atoms with Gasteiger partial charge in [-0.3, -0.25) is 24.2 Å². The lowest BCUT2D eigenvalue weighted by Gasteiger charge is -2.18. The number of nitrogens with zero attached hydrogens (tertiary/aromatic N) is 3. The summed E-state index contributed by atoms with van der Waals surface area (Å²) in [4.78, 5) is 43.2. The molecule has 0 bridgehead atoms. The second-order valence-electron chi connectivity index (χ2n) is 6.22. The van der Waals surface area contributed by atoms with Crippen LogP contribution in [0, 0.1) is 0 Å². The van der Waals surface area contributed by atoms with Gasteiger partial charge in [0.1, 0.15) is 4.32 Å². The minimum atomic E-state index is -0.916. The fourth-order valence-electron chi connectivity index (χ4n) is 2.70. The summed E-state index contributed by atoms with van der Waals surface area (Å²) in [5.74, 6) is -1.41. The maximum atomic E-state index is 12.6. The number of thiocarbonyl (C=S) groups is 1. The second-order valence-corrected chi connectivity index (χ2v) is 9.17. The largest absolute Gasteiger partial charge is 0.481 e. The van der Waals surface area contributed by atoms with Crippen LogP contribution in [-0.4, -0.2) is 43.6 Å². The summed E-state index contributed by atoms with van der Waals surface area (Å²) in [6.07, 6.45) is 1.91. The summed E-state index contributed by atoms with van der Waals surface area (Å²) in [6.45, 7) is 1.69. The van der Waals surface area contributed by atoms with Crippen LogP contribution in [0.5, 0.6) is 0 Å². The SMILES string of the molecule is CC(=O)N(c1cccc(Cl)c1)c1nc(/C=C2\SC(=S)N(CCCC(=O)O)C2=O)cs1. The monoisotopic (exact) mass is 481 g/mol. The van der Waals surface area contributed by atoms with E-state index in [2.05, 4.69) is 4.98 Å². The van der Waals surface area contributed by atoms with Gasteiger partial charge >= 0.3 is 5.97 Å². The molecule has 0 aliphatic carbocycles. The first-order chi connectivity index (χ1) is 14.3. The van der Waals surface area contributed by atoms with Crippen LogP contribution < -0.4 is 4.90 Å². The van der Waals surface area contributed by atoms with E-state index >= 15 is 0 Å². The first kappa shape index (κ1) is 22.4. The first-order valence-corrected chi connectivity index (χ1v) is 11.2. The van der Waals surface area contributed by atoms with E-state index in [4.69, 9.17) is 28.9 Å². The van der Waals surface area contributed by atoms with E-state index in [1.54, 1.807) is 35.7 Å². The maximum absolute atomic E-state index is 12.6. The van der Waals surface area contributed by atoms with Crippen LogP contribution in [0.2, 0.25) is 5.02 Å². The molecule has 156 valence electrons. The van der Waals surface area contributed by atoms with Crippen LogP contribution in [0.25, 0.3) is 6.08 Å². The van der Waals surface area contributed by atoms with E-state index in [1.807, 2.05) is 0 Å². The Bertz CT molecular complexity index is 1050. The molecule has 0 atom stereocenters. The molecule has 1 fully saturated rings. The highest BCUT2D eigenvalue weighted by Crippen LogP contribution is 2.35. The number of hydrogen-bond donors (Lipinski definition) is 1. The number of thiazole rings is 1. The number of amides is 2. The molecule has 2 heterocycles. The van der Waals surface area contributed by atoms with Gasteiger partial charge in [0.25, 0.3) is 5.91 Å². The standard InChI is InChI=1S/C19H16ClN3O4S3/c1-11(24)23(14-5-2-4-12(20)8-14)18-21-13(10-29-18)9-15-17(27)22(19(28)30-15)7-3-6-16(25)26/h2,4-5,8-10H,3,6-7H2,1H3,(H,25,26)/b15-9-. The van der Waals surface area contributed by atoms with Gasteiger partial charge in [0.2, 0.25) is 5.91 Å². The van der Waals surface area contributed by atoms with Gasteiger partial charge in [-0.2, -0.15) is 0 Å². The predicted octanol–water partition coefficient (Wildman–Crippen LogP) is 4.55. The van der Waals surface area contributed by atoms with Gasteiger partial charge in [-0.1, -0.05) is 41.6 Å². The minimum Gasteiger partial charge on any atom is -0.481 e. The van der Waals surface area contributed by atoms with E-state index in [9.17, 15) is 14.4 Å². The highest BCUT2D eigenvalue weighted by molar-refractivity contribution is 8.26. The number of aromatic nitrogens is 1. The summed E-state index contributed by atoms with van der Waals surface area (Å²) in [5, 5.41) is 11.5. The Morgan fingerprint density at radius 3 is 2.83 bits per heavy atom. The number of rotatable bonds is 7. The molecule has 7 nitrogen and oxygen atoms in total. The normalized spacial score (nSPS) is 15.1. The Kier molecular flexibility index (Phi) is 7.24. The zero-order valence-electron chi connectivity index (χ0n) is 15.7. The van der Waals surface area contributed by atoms with Crippen molar-refractivity contribution in [1.29, 1.82) is 0 Å². The number of anilines is 2. The van der Waals surface area contributed by atoms with Gasteiger partial charge in [0.15, 0.2) is 5.13 Å². The van der Waals surface area contributed by atoms with E-state index < -0.39 is 5.97 Å². The molecule has 3 rings (SSSR count). The second kappa shape index (κ2) is 9.69. The van der Waals surface area contributed by atoms with Gasteiger partial charge in [0, 0.05) is 30.3 Å². The zero-order chi connectivity index (χ0) is 21.8. The predicted molar refractivity (Wildman–Crippen MR) is 123 cm³/mol. The Morgan fingerprint density at radius 2 is 2.17 bits per heavy atom. The van der Waals surface area contributed by atoms with Gasteiger partial charge in [0.05, 0.1) is 16.3 Å². The van der Waals surface area contributed by atoms with E-state index in [0.717, 1.165) is 11.8 Å². The maximum Gasteiger partial charge on any atom is 0.303 e. The number of aliphatic carboxylic acids is 1. The Balaban J connectivity index is 1.79. The van der Waals surface area contributed by atoms with Crippen LogP contribution in [0.15, 0.2) is 34.6 Å². The van der Waals surface area contributed by atoms with Crippen LogP contribution in [0.1, 0.15) is 25.5 Å². The average Bonchev–Trinajstić information content (AvgIpc) is 3.21. The molecular weight excluding hydrogens is 466 g/mol. The smallest absolute Gasteiger partial charge is 0.303 e. The number of halogens is 1. The van der Waals surface area contributed by atoms with Crippen molar-refractivity contribution in [2.24, 2.45) is 0 Å². The van der Waals surface area contributed by atoms with Gasteiger partial charge in [-0.15, -0.1) is 11.3 Å². The highest BCUT2D eigenvalue weighted by Gasteiger charge is 2.32. The first-order valence-electron chi connectivity index (χ1n) is 8.75. The van der Waals surface area contributed by atoms with Crippen molar-refractivity contribution in [1.82, 2.24) is 9.88 Å². The number of carbonyl (C=O) groups is 3. The fraction of sp³-hybridized carbons (Fsp3) is 0.211. The number of thioether (sulfide) groups is 1. The van der Waals surface area contributed by atoms with E-state index in [1.165, 1.54) is 28.1 Å². The van der Waals surface area contributed by atoms with Gasteiger partial charge in [-0.05, 0) is 30.7 Å². The lowest BCUT2D eigenvalue weighted by atomic mass is 10.3. The lowest BCUT2D eigenvalue weighted by Crippen LogP contribution is -2.29. The van der Waals surface area contributed by atoms with Crippen molar-refractivity contribution in [3.63, 3.8) is 0 Å². The highest BCUT2D eigenvalue weighted by atomic mass is 35.5. The van der Waals surface area contributed by atoms with Crippen molar-refractivity contribution >= 4 is 85.9 Å². The van der Waals surface area contributed by atoms with Crippen molar-refractivity contribution in [3.8, 4) is 0 Å². The number of carbonyl (C=O) groups excluding carboxylic acids is 2. The fourth-order valence-corrected chi connectivity index (χ4v) is 5.03. The van der Waals surface area contributed by atoms with Crippen molar-refractivity contribution < 1.29 is 19.5 Å². The minimum absolute atomic E-state index is 0.0318. The van der Waals surface area contributed by atoms with Gasteiger partial charge in [-0.25, -0.2) is 4.98 Å². The quantitative estimate of drug-likeness (QED) is 0.458. The molecule has 1 N–H and O–H groups in total. The molecule has 0 spiro atoms. The molecule has 0 saturated carbocycles. The Morgan fingerprint density at radius 1 is 1.40 bits per heavy atom. The number of hydrogen-bond acceptors (Lipinski definition) is 7. The molecule has 0 unspecified atom stereocenters. The zero-order valence-corrected chi connectivity index (χ0v) is 18.9. The topological polar surface area (TPSA) is 90.8 Å². The molecule has 11 heteroatoms.